The molecule has 0 saturated heterocycles. The summed E-state index contributed by atoms with van der Waals surface area (Å²) in [6.07, 6.45) is 3.41. The minimum absolute atomic E-state index is 0.197. The second kappa shape index (κ2) is 5.96. The first-order valence-electron chi connectivity index (χ1n) is 6.64. The Hall–Kier alpha value is -2.02. The van der Waals surface area contributed by atoms with Crippen LogP contribution >= 0.6 is 0 Å². The van der Waals surface area contributed by atoms with E-state index in [1.54, 1.807) is 0 Å². The van der Waals surface area contributed by atoms with Crippen molar-refractivity contribution in [1.82, 2.24) is 5.32 Å². The molecule has 0 amide bonds. The predicted octanol–water partition coefficient (Wildman–Crippen LogP) is 2.78. The molecule has 20 heavy (non-hydrogen) atoms. The van der Waals surface area contributed by atoms with Gasteiger partial charge in [0.25, 0.3) is 11.4 Å². The van der Waals surface area contributed by atoms with E-state index in [1.807, 2.05) is 0 Å². The minimum Gasteiger partial charge on any atom is -0.309 e. The molecule has 0 bridgehead atoms. The van der Waals surface area contributed by atoms with Gasteiger partial charge in [0, 0.05) is 24.2 Å². The smallest absolute Gasteiger partial charge is 0.280 e. The van der Waals surface area contributed by atoms with Gasteiger partial charge in [0.15, 0.2) is 0 Å². The SMILES string of the molecule is CC1CCCC1NCc1ccc([N+](=O)[O-])cc1[N+](=O)[O-]. The van der Waals surface area contributed by atoms with Crippen molar-refractivity contribution in [2.24, 2.45) is 5.92 Å². The van der Waals surface area contributed by atoms with Gasteiger partial charge in [-0.25, -0.2) is 0 Å². The lowest BCUT2D eigenvalue weighted by Crippen LogP contribution is -2.30. The second-order valence-electron chi connectivity index (χ2n) is 5.22. The molecule has 108 valence electrons. The van der Waals surface area contributed by atoms with Gasteiger partial charge in [-0.15, -0.1) is 0 Å². The number of hydrogen-bond acceptors (Lipinski definition) is 5. The predicted molar refractivity (Wildman–Crippen MR) is 73.4 cm³/mol. The normalized spacial score (nSPS) is 21.9. The number of non-ortho nitro benzene ring substituents is 1. The molecule has 1 saturated carbocycles. The molecule has 2 atom stereocenters. The lowest BCUT2D eigenvalue weighted by atomic mass is 10.1. The van der Waals surface area contributed by atoms with Crippen LogP contribution in [-0.4, -0.2) is 15.9 Å². The van der Waals surface area contributed by atoms with E-state index in [0.717, 1.165) is 12.5 Å². The second-order valence-corrected chi connectivity index (χ2v) is 5.22. The van der Waals surface area contributed by atoms with Gasteiger partial charge >= 0.3 is 0 Å². The highest BCUT2D eigenvalue weighted by atomic mass is 16.6. The van der Waals surface area contributed by atoms with Gasteiger partial charge in [-0.2, -0.15) is 0 Å². The Labute approximate surface area is 116 Å². The van der Waals surface area contributed by atoms with Crippen LogP contribution in [0.4, 0.5) is 11.4 Å². The molecule has 1 aromatic carbocycles. The van der Waals surface area contributed by atoms with Crippen molar-refractivity contribution in [1.29, 1.82) is 0 Å². The van der Waals surface area contributed by atoms with Gasteiger partial charge in [-0.1, -0.05) is 13.3 Å². The molecule has 1 aliphatic carbocycles. The number of hydrogen-bond donors (Lipinski definition) is 1. The van der Waals surface area contributed by atoms with Crippen LogP contribution in [0.2, 0.25) is 0 Å². The molecule has 7 heteroatoms. The summed E-state index contributed by atoms with van der Waals surface area (Å²) in [5.74, 6) is 0.562. The molecule has 0 radical (unpaired) electrons. The molecular weight excluding hydrogens is 262 g/mol. The molecule has 0 aliphatic heterocycles. The molecule has 0 spiro atoms. The van der Waals surface area contributed by atoms with Gasteiger partial charge in [-0.05, 0) is 24.8 Å². The quantitative estimate of drug-likeness (QED) is 0.660. The van der Waals surface area contributed by atoms with Crippen LogP contribution in [-0.2, 0) is 6.54 Å². The Morgan fingerprint density at radius 3 is 2.55 bits per heavy atom. The van der Waals surface area contributed by atoms with Crippen LogP contribution in [0.1, 0.15) is 31.7 Å². The van der Waals surface area contributed by atoms with E-state index < -0.39 is 9.85 Å². The van der Waals surface area contributed by atoms with Gasteiger partial charge < -0.3 is 5.32 Å². The van der Waals surface area contributed by atoms with E-state index in [-0.39, 0.29) is 11.4 Å². The third-order valence-corrected chi connectivity index (χ3v) is 3.89. The lowest BCUT2D eigenvalue weighted by Gasteiger charge is -2.17. The van der Waals surface area contributed by atoms with Crippen LogP contribution in [0.15, 0.2) is 18.2 Å². The molecule has 1 aromatic rings. The first kappa shape index (κ1) is 14.4. The summed E-state index contributed by atoms with van der Waals surface area (Å²) in [6, 6.07) is 4.16. The molecular formula is C13H17N3O4. The summed E-state index contributed by atoms with van der Waals surface area (Å²) in [7, 11) is 0. The van der Waals surface area contributed by atoms with E-state index in [9.17, 15) is 20.2 Å². The van der Waals surface area contributed by atoms with Crippen molar-refractivity contribution >= 4 is 11.4 Å². The average Bonchev–Trinajstić information content (AvgIpc) is 2.81. The lowest BCUT2D eigenvalue weighted by molar-refractivity contribution is -0.394. The Morgan fingerprint density at radius 1 is 1.25 bits per heavy atom. The number of nitro groups is 2. The fourth-order valence-electron chi connectivity index (χ4n) is 2.67. The summed E-state index contributed by atoms with van der Waals surface area (Å²) in [6.45, 7) is 2.53. The largest absolute Gasteiger partial charge is 0.309 e. The number of benzene rings is 1. The van der Waals surface area contributed by atoms with Crippen molar-refractivity contribution in [3.63, 3.8) is 0 Å². The Bertz CT molecular complexity index is 532. The van der Waals surface area contributed by atoms with Gasteiger partial charge in [-0.3, -0.25) is 20.2 Å². The van der Waals surface area contributed by atoms with Crippen LogP contribution < -0.4 is 5.32 Å². The summed E-state index contributed by atoms with van der Waals surface area (Å²) in [5.41, 5.74) is 0.0340. The molecule has 7 nitrogen and oxygen atoms in total. The minimum atomic E-state index is -0.622. The monoisotopic (exact) mass is 279 g/mol. The number of nitrogens with one attached hydrogen (secondary N) is 1. The molecule has 2 unspecified atom stereocenters. The fraction of sp³-hybridized carbons (Fsp3) is 0.538. The highest BCUT2D eigenvalue weighted by molar-refractivity contribution is 5.49. The molecule has 0 aromatic heterocycles. The molecule has 0 heterocycles. The van der Waals surface area contributed by atoms with E-state index in [0.29, 0.717) is 24.1 Å². The molecule has 1 N–H and O–H groups in total. The van der Waals surface area contributed by atoms with Gasteiger partial charge in [0.2, 0.25) is 0 Å². The van der Waals surface area contributed by atoms with Crippen molar-refractivity contribution < 1.29 is 9.85 Å². The zero-order chi connectivity index (χ0) is 14.7. The highest BCUT2D eigenvalue weighted by Crippen LogP contribution is 2.27. The van der Waals surface area contributed by atoms with Gasteiger partial charge in [0.1, 0.15) is 0 Å². The third kappa shape index (κ3) is 3.11. The summed E-state index contributed by atoms with van der Waals surface area (Å²) < 4.78 is 0. The standard InChI is InChI=1S/C13H17N3O4/c1-9-3-2-4-12(9)14-8-10-5-6-11(15(17)18)7-13(10)16(19)20/h5-7,9,12,14H,2-4,8H2,1H3. The Kier molecular flexibility index (Phi) is 4.29. The van der Waals surface area contributed by atoms with E-state index in [1.165, 1.54) is 25.0 Å². The Balaban J connectivity index is 2.14. The molecule has 1 fully saturated rings. The Morgan fingerprint density at radius 2 is 2.00 bits per heavy atom. The molecule has 1 aliphatic rings. The number of nitro benzene ring substituents is 2. The van der Waals surface area contributed by atoms with Crippen molar-refractivity contribution in [2.75, 3.05) is 0 Å². The van der Waals surface area contributed by atoms with Crippen LogP contribution in [0.5, 0.6) is 0 Å². The molecule has 2 rings (SSSR count). The first-order chi connectivity index (χ1) is 9.49. The van der Waals surface area contributed by atoms with Crippen molar-refractivity contribution in [3.05, 3.63) is 44.0 Å². The zero-order valence-electron chi connectivity index (χ0n) is 11.2. The van der Waals surface area contributed by atoms with E-state index in [4.69, 9.17) is 0 Å². The van der Waals surface area contributed by atoms with Crippen LogP contribution in [0, 0.1) is 26.1 Å². The van der Waals surface area contributed by atoms with Crippen molar-refractivity contribution in [2.45, 2.75) is 38.8 Å². The first-order valence-corrected chi connectivity index (χ1v) is 6.64. The van der Waals surface area contributed by atoms with Crippen LogP contribution in [0.25, 0.3) is 0 Å². The van der Waals surface area contributed by atoms with E-state index in [2.05, 4.69) is 12.2 Å². The number of nitrogens with zero attached hydrogens (tertiary/aromatic N) is 2. The van der Waals surface area contributed by atoms with E-state index >= 15 is 0 Å². The topological polar surface area (TPSA) is 98.3 Å². The summed E-state index contributed by atoms with van der Waals surface area (Å²) in [5, 5.41) is 25.0. The maximum atomic E-state index is 11.0. The number of rotatable bonds is 5. The highest BCUT2D eigenvalue weighted by Gasteiger charge is 2.24. The third-order valence-electron chi connectivity index (χ3n) is 3.89. The van der Waals surface area contributed by atoms with Crippen LogP contribution in [0.3, 0.4) is 0 Å². The maximum Gasteiger partial charge on any atom is 0.280 e. The summed E-state index contributed by atoms with van der Waals surface area (Å²) >= 11 is 0. The van der Waals surface area contributed by atoms with Crippen molar-refractivity contribution in [3.8, 4) is 0 Å². The van der Waals surface area contributed by atoms with Gasteiger partial charge in [0.05, 0.1) is 15.9 Å². The zero-order valence-corrected chi connectivity index (χ0v) is 11.2. The average molecular weight is 279 g/mol. The maximum absolute atomic E-state index is 11.0. The summed E-state index contributed by atoms with van der Waals surface area (Å²) in [4.78, 5) is 20.5. The fourth-order valence-corrected chi connectivity index (χ4v) is 2.67.